The molecule has 2 heterocycles. The number of thiophene rings is 2. The number of hydrogen-bond donors (Lipinski definition) is 0. The minimum Gasteiger partial charge on any atom is -0.309 e. The van der Waals surface area contributed by atoms with Gasteiger partial charge in [-0.1, -0.05) is 147 Å². The van der Waals surface area contributed by atoms with Crippen molar-refractivity contribution in [3.63, 3.8) is 0 Å². The van der Waals surface area contributed by atoms with Crippen molar-refractivity contribution in [2.45, 2.75) is 38.5 Å². The molecular formula is C66H46F2N2S2. The Labute approximate surface area is 425 Å². The van der Waals surface area contributed by atoms with Crippen molar-refractivity contribution in [1.82, 2.24) is 0 Å². The van der Waals surface area contributed by atoms with E-state index in [9.17, 15) is 0 Å². The van der Waals surface area contributed by atoms with Gasteiger partial charge in [0, 0.05) is 59.1 Å². The van der Waals surface area contributed by atoms with Gasteiger partial charge < -0.3 is 9.80 Å². The molecule has 0 radical (unpaired) electrons. The van der Waals surface area contributed by atoms with E-state index in [1.165, 1.54) is 76.5 Å². The van der Waals surface area contributed by atoms with E-state index in [0.717, 1.165) is 65.8 Å². The Hall–Kier alpha value is -7.90. The van der Waals surface area contributed by atoms with Gasteiger partial charge in [-0.15, -0.1) is 22.7 Å². The summed E-state index contributed by atoms with van der Waals surface area (Å²) in [5, 5.41) is 4.80. The SMILES string of the molecule is Cc1cccc2c1sc1c(N(c3cccc(F)c3)c3ccc4c(c3)C3(c5cc(N(c6cccc(F)c6)c6cccc7c6sc6c(C)cccc67)ccc5-4)c4ccccc4C(C)(C)c4ccccc43)cccc12. The van der Waals surface area contributed by atoms with Crippen LogP contribution in [0.2, 0.25) is 0 Å². The monoisotopic (exact) mass is 968 g/mol. The van der Waals surface area contributed by atoms with Gasteiger partial charge in [-0.05, 0) is 142 Å². The highest BCUT2D eigenvalue weighted by molar-refractivity contribution is 7.27. The van der Waals surface area contributed by atoms with Crippen molar-refractivity contribution < 1.29 is 8.78 Å². The molecule has 2 aliphatic carbocycles. The van der Waals surface area contributed by atoms with E-state index in [1.54, 1.807) is 46.9 Å². The minimum atomic E-state index is -0.790. The first-order chi connectivity index (χ1) is 35.1. The summed E-state index contributed by atoms with van der Waals surface area (Å²) in [4.78, 5) is 4.50. The summed E-state index contributed by atoms with van der Waals surface area (Å²) in [5.74, 6) is -0.591. The van der Waals surface area contributed by atoms with Crippen LogP contribution in [0.1, 0.15) is 58.4 Å². The van der Waals surface area contributed by atoms with Crippen LogP contribution in [0.4, 0.5) is 42.9 Å². The van der Waals surface area contributed by atoms with Crippen molar-refractivity contribution >= 4 is 97.1 Å². The van der Waals surface area contributed by atoms with Crippen LogP contribution in [0.15, 0.2) is 206 Å². The van der Waals surface area contributed by atoms with Gasteiger partial charge in [-0.25, -0.2) is 8.78 Å². The minimum absolute atomic E-state index is 0.295. The predicted molar refractivity (Wildman–Crippen MR) is 300 cm³/mol. The average Bonchev–Trinajstić information content (AvgIpc) is 4.07. The summed E-state index contributed by atoms with van der Waals surface area (Å²) in [6.07, 6.45) is 0. The lowest BCUT2D eigenvalue weighted by Gasteiger charge is -2.47. The lowest BCUT2D eigenvalue weighted by molar-refractivity contribution is 0.563. The van der Waals surface area contributed by atoms with E-state index < -0.39 is 5.41 Å². The summed E-state index contributed by atoms with van der Waals surface area (Å²) < 4.78 is 36.1. The molecule has 0 N–H and O–H groups in total. The molecule has 0 saturated heterocycles. The summed E-state index contributed by atoms with van der Waals surface area (Å²) in [7, 11) is 0. The van der Waals surface area contributed by atoms with Crippen molar-refractivity contribution in [3.05, 3.63) is 262 Å². The van der Waals surface area contributed by atoms with E-state index in [-0.39, 0.29) is 17.0 Å². The van der Waals surface area contributed by atoms with Crippen LogP contribution in [-0.2, 0) is 10.8 Å². The van der Waals surface area contributed by atoms with Crippen molar-refractivity contribution in [3.8, 4) is 11.1 Å². The van der Waals surface area contributed by atoms with Crippen LogP contribution in [0.3, 0.4) is 0 Å². The van der Waals surface area contributed by atoms with E-state index >= 15 is 8.78 Å². The Morgan fingerprint density at radius 1 is 0.347 bits per heavy atom. The maximum atomic E-state index is 15.7. The summed E-state index contributed by atoms with van der Waals surface area (Å²) in [5.41, 5.74) is 16.3. The maximum absolute atomic E-state index is 15.7. The Morgan fingerprint density at radius 3 is 1.15 bits per heavy atom. The van der Waals surface area contributed by atoms with Crippen molar-refractivity contribution in [2.75, 3.05) is 9.80 Å². The van der Waals surface area contributed by atoms with Gasteiger partial charge in [0.25, 0.3) is 0 Å². The Bertz CT molecular complexity index is 3970. The second-order valence-electron chi connectivity index (χ2n) is 20.0. The molecule has 0 amide bonds. The molecule has 1 spiro atoms. The first-order valence-electron chi connectivity index (χ1n) is 24.5. The van der Waals surface area contributed by atoms with Gasteiger partial charge in [0.05, 0.1) is 26.2 Å². The Balaban J connectivity index is 1.07. The summed E-state index contributed by atoms with van der Waals surface area (Å²) in [6.45, 7) is 9.04. The number of rotatable bonds is 6. The van der Waals surface area contributed by atoms with Gasteiger partial charge in [0.15, 0.2) is 0 Å². The van der Waals surface area contributed by atoms with Crippen LogP contribution in [-0.4, -0.2) is 0 Å². The third-order valence-electron chi connectivity index (χ3n) is 15.6. The van der Waals surface area contributed by atoms with Gasteiger partial charge in [0.1, 0.15) is 11.6 Å². The highest BCUT2D eigenvalue weighted by atomic mass is 32.1. The second-order valence-corrected chi connectivity index (χ2v) is 22.0. The van der Waals surface area contributed by atoms with Crippen LogP contribution in [0.25, 0.3) is 51.5 Å². The fraction of sp³-hybridized carbons (Fsp3) is 0.0909. The molecular weight excluding hydrogens is 923 g/mol. The molecule has 10 aromatic carbocycles. The molecule has 0 aliphatic heterocycles. The van der Waals surface area contributed by atoms with Crippen LogP contribution < -0.4 is 9.80 Å². The van der Waals surface area contributed by atoms with Gasteiger partial charge >= 0.3 is 0 Å². The summed E-state index contributed by atoms with van der Waals surface area (Å²) >= 11 is 3.59. The second kappa shape index (κ2) is 15.8. The first kappa shape index (κ1) is 42.9. The molecule has 2 aliphatic rings. The summed E-state index contributed by atoms with van der Waals surface area (Å²) in [6, 6.07) is 71.8. The third-order valence-corrected chi connectivity index (χ3v) is 18.4. The van der Waals surface area contributed by atoms with Crippen LogP contribution in [0.5, 0.6) is 0 Å². The van der Waals surface area contributed by atoms with Gasteiger partial charge in [-0.2, -0.15) is 0 Å². The predicted octanol–water partition coefficient (Wildman–Crippen LogP) is 19.3. The number of aryl methyl sites for hydroxylation is 2. The van der Waals surface area contributed by atoms with Crippen LogP contribution >= 0.6 is 22.7 Å². The Morgan fingerprint density at radius 2 is 0.722 bits per heavy atom. The van der Waals surface area contributed by atoms with E-state index in [1.807, 2.05) is 12.1 Å². The highest BCUT2D eigenvalue weighted by Gasteiger charge is 2.53. The molecule has 14 rings (SSSR count). The van der Waals surface area contributed by atoms with E-state index in [4.69, 9.17) is 0 Å². The normalized spacial score (nSPS) is 13.9. The highest BCUT2D eigenvalue weighted by Crippen LogP contribution is 2.64. The quantitative estimate of drug-likeness (QED) is 0.164. The topological polar surface area (TPSA) is 6.48 Å². The van der Waals surface area contributed by atoms with E-state index in [0.29, 0.717) is 0 Å². The fourth-order valence-corrected chi connectivity index (χ4v) is 15.0. The smallest absolute Gasteiger partial charge is 0.125 e. The first-order valence-corrected chi connectivity index (χ1v) is 26.2. The number of anilines is 6. The molecule has 2 aromatic heterocycles. The van der Waals surface area contributed by atoms with E-state index in [2.05, 4.69) is 195 Å². The maximum Gasteiger partial charge on any atom is 0.125 e. The molecule has 72 heavy (non-hydrogen) atoms. The molecule has 0 unspecified atom stereocenters. The zero-order valence-electron chi connectivity index (χ0n) is 40.1. The number of hydrogen-bond acceptors (Lipinski definition) is 4. The molecule has 0 fully saturated rings. The number of benzene rings is 10. The van der Waals surface area contributed by atoms with Crippen LogP contribution in [0, 0.1) is 25.5 Å². The standard InChI is InChI=1S/C66H46F2N2S2/c1-39-15-9-21-49-51-23-13-29-59(63(51)71-61(39)49)69(43-19-11-17-41(67)35-43)45-31-33-47-48-34-32-46(38-58(48)66(57(47)37-45)55-27-7-5-25-53(55)65(3,4)54-26-6-8-28-56(54)66)70(44-20-12-18-42(68)36-44)60-30-14-24-52-50-22-10-16-40(2)62(50)72-64(52)60/h5-38H,1-4H3. The molecule has 2 nitrogen and oxygen atoms in total. The molecule has 346 valence electrons. The average molecular weight is 969 g/mol. The molecule has 0 bridgehead atoms. The zero-order valence-corrected chi connectivity index (χ0v) is 41.7. The van der Waals surface area contributed by atoms with Crippen molar-refractivity contribution in [2.24, 2.45) is 0 Å². The molecule has 6 heteroatoms. The van der Waals surface area contributed by atoms with Crippen molar-refractivity contribution in [1.29, 1.82) is 0 Å². The number of nitrogens with zero attached hydrogens (tertiary/aromatic N) is 2. The lowest BCUT2D eigenvalue weighted by atomic mass is 9.55. The Kier molecular flexibility index (Phi) is 9.42. The molecule has 12 aromatic rings. The lowest BCUT2D eigenvalue weighted by Crippen LogP contribution is -2.40. The number of halogens is 2. The zero-order chi connectivity index (χ0) is 48.6. The number of fused-ring (bicyclic) bond motifs is 15. The van der Waals surface area contributed by atoms with Gasteiger partial charge in [0.2, 0.25) is 0 Å². The molecule has 0 saturated carbocycles. The largest absolute Gasteiger partial charge is 0.309 e. The van der Waals surface area contributed by atoms with Gasteiger partial charge in [-0.3, -0.25) is 0 Å². The fourth-order valence-electron chi connectivity index (χ4n) is 12.5. The molecule has 0 atom stereocenters. The third kappa shape index (κ3) is 6.03.